The molecule has 12 nitrogen and oxygen atoms in total. The van der Waals surface area contributed by atoms with Gasteiger partial charge in [0, 0.05) is 65.4 Å². The molecule has 0 spiro atoms. The van der Waals surface area contributed by atoms with E-state index in [0.717, 1.165) is 51.5 Å². The summed E-state index contributed by atoms with van der Waals surface area (Å²) in [5, 5.41) is 3.38. The molecule has 3 fully saturated rings. The summed E-state index contributed by atoms with van der Waals surface area (Å²) in [6.45, 7) is 11.3. The van der Waals surface area contributed by atoms with E-state index in [-0.39, 0.29) is 0 Å². The van der Waals surface area contributed by atoms with Gasteiger partial charge in [0.1, 0.15) is 0 Å². The van der Waals surface area contributed by atoms with Gasteiger partial charge in [0.05, 0.1) is 31.3 Å². The summed E-state index contributed by atoms with van der Waals surface area (Å²) in [5.41, 5.74) is 0.755. The van der Waals surface area contributed by atoms with Crippen molar-refractivity contribution in [2.45, 2.75) is 11.8 Å². The monoisotopic (exact) mass is 532 g/mol. The third-order valence-corrected chi connectivity index (χ3v) is 9.01. The summed E-state index contributed by atoms with van der Waals surface area (Å²) in [7, 11) is -3.55. The van der Waals surface area contributed by atoms with Crippen molar-refractivity contribution in [1.29, 1.82) is 0 Å². The SMILES string of the molecule is Cc1ccccc1S(=O)(=O)N1CCN(c2nc(NCCN3CCOCC3)nc(N3CCOCC3)n2)CC1. The van der Waals surface area contributed by atoms with Crippen LogP contribution in [-0.4, -0.2) is 124 Å². The van der Waals surface area contributed by atoms with Gasteiger partial charge in [0.2, 0.25) is 27.9 Å². The molecule has 13 heteroatoms. The van der Waals surface area contributed by atoms with Gasteiger partial charge >= 0.3 is 0 Å². The maximum Gasteiger partial charge on any atom is 0.243 e. The Hall–Kier alpha value is -2.58. The van der Waals surface area contributed by atoms with Crippen molar-refractivity contribution in [2.24, 2.45) is 0 Å². The quantitative estimate of drug-likeness (QED) is 0.505. The van der Waals surface area contributed by atoms with Crippen LogP contribution in [0.4, 0.5) is 17.8 Å². The van der Waals surface area contributed by atoms with Crippen molar-refractivity contribution in [3.8, 4) is 0 Å². The van der Waals surface area contributed by atoms with E-state index in [0.29, 0.717) is 68.7 Å². The molecule has 3 aliphatic heterocycles. The number of ether oxygens (including phenoxy) is 2. The number of hydrogen-bond acceptors (Lipinski definition) is 11. The summed E-state index contributed by atoms with van der Waals surface area (Å²) >= 11 is 0. The van der Waals surface area contributed by atoms with E-state index in [4.69, 9.17) is 24.4 Å². The lowest BCUT2D eigenvalue weighted by Gasteiger charge is -2.35. The fraction of sp³-hybridized carbons (Fsp3) is 0.625. The molecule has 0 unspecified atom stereocenters. The second kappa shape index (κ2) is 11.9. The van der Waals surface area contributed by atoms with Crippen molar-refractivity contribution >= 4 is 27.9 Å². The van der Waals surface area contributed by atoms with Crippen LogP contribution >= 0.6 is 0 Å². The number of piperazine rings is 1. The highest BCUT2D eigenvalue weighted by molar-refractivity contribution is 7.89. The maximum atomic E-state index is 13.2. The van der Waals surface area contributed by atoms with Gasteiger partial charge in [-0.2, -0.15) is 19.3 Å². The molecule has 5 rings (SSSR count). The van der Waals surface area contributed by atoms with Gasteiger partial charge < -0.3 is 24.6 Å². The first-order chi connectivity index (χ1) is 18.0. The van der Waals surface area contributed by atoms with Crippen molar-refractivity contribution in [1.82, 2.24) is 24.2 Å². The highest BCUT2D eigenvalue weighted by atomic mass is 32.2. The first-order valence-electron chi connectivity index (χ1n) is 12.9. The van der Waals surface area contributed by atoms with Crippen LogP contribution in [0.5, 0.6) is 0 Å². The second-order valence-electron chi connectivity index (χ2n) is 9.40. The van der Waals surface area contributed by atoms with E-state index in [1.54, 1.807) is 16.4 Å². The number of aryl methyl sites for hydroxylation is 1. The lowest BCUT2D eigenvalue weighted by Crippen LogP contribution is -2.49. The molecule has 2 aromatic rings. The van der Waals surface area contributed by atoms with Crippen molar-refractivity contribution in [2.75, 3.05) is 107 Å². The molecule has 37 heavy (non-hydrogen) atoms. The van der Waals surface area contributed by atoms with Crippen molar-refractivity contribution in [3.63, 3.8) is 0 Å². The van der Waals surface area contributed by atoms with Gasteiger partial charge in [-0.15, -0.1) is 0 Å². The van der Waals surface area contributed by atoms with E-state index in [2.05, 4.69) is 15.1 Å². The average Bonchev–Trinajstić information content (AvgIpc) is 2.94. The molecule has 0 atom stereocenters. The zero-order chi connectivity index (χ0) is 25.7. The summed E-state index contributed by atoms with van der Waals surface area (Å²) in [6.07, 6.45) is 0. The van der Waals surface area contributed by atoms with Gasteiger partial charge in [-0.1, -0.05) is 18.2 Å². The minimum Gasteiger partial charge on any atom is -0.379 e. The number of aromatic nitrogens is 3. The zero-order valence-electron chi connectivity index (χ0n) is 21.4. The van der Waals surface area contributed by atoms with Crippen LogP contribution < -0.4 is 15.1 Å². The minimum absolute atomic E-state index is 0.366. The number of rotatable bonds is 8. The standard InChI is InChI=1S/C24H36N8O4S/c1-20-4-2-3-5-21(20)37(33,34)32-10-8-30(9-11-32)23-26-22(25-6-7-29-12-16-35-17-13-29)27-24(28-23)31-14-18-36-19-15-31/h2-5H,6-19H2,1H3,(H,25,26,27,28). The van der Waals surface area contributed by atoms with Crippen molar-refractivity contribution < 1.29 is 17.9 Å². The summed E-state index contributed by atoms with van der Waals surface area (Å²) < 4.78 is 39.0. The molecule has 4 heterocycles. The Morgan fingerprint density at radius 2 is 1.41 bits per heavy atom. The molecular weight excluding hydrogens is 496 g/mol. The maximum absolute atomic E-state index is 13.2. The Morgan fingerprint density at radius 3 is 2.05 bits per heavy atom. The van der Waals surface area contributed by atoms with Crippen LogP contribution in [0, 0.1) is 6.92 Å². The third kappa shape index (κ3) is 6.29. The number of anilines is 3. The molecule has 3 saturated heterocycles. The summed E-state index contributed by atoms with van der Waals surface area (Å²) in [4.78, 5) is 21.1. The Kier molecular flexibility index (Phi) is 8.35. The number of nitrogens with zero attached hydrogens (tertiary/aromatic N) is 7. The van der Waals surface area contributed by atoms with Gasteiger partial charge in [-0.05, 0) is 18.6 Å². The average molecular weight is 533 g/mol. The number of morpholine rings is 2. The molecule has 0 radical (unpaired) electrons. The topological polar surface area (TPSA) is 116 Å². The van der Waals surface area contributed by atoms with Crippen LogP contribution in [0.15, 0.2) is 29.2 Å². The zero-order valence-corrected chi connectivity index (χ0v) is 22.2. The molecule has 0 aliphatic carbocycles. The largest absolute Gasteiger partial charge is 0.379 e. The minimum atomic E-state index is -3.55. The van der Waals surface area contributed by atoms with Gasteiger partial charge in [0.15, 0.2) is 0 Å². The van der Waals surface area contributed by atoms with E-state index in [9.17, 15) is 8.42 Å². The molecular formula is C24H36N8O4S. The lowest BCUT2D eigenvalue weighted by molar-refractivity contribution is 0.0398. The van der Waals surface area contributed by atoms with E-state index < -0.39 is 10.0 Å². The Bertz CT molecular complexity index is 1150. The summed E-state index contributed by atoms with van der Waals surface area (Å²) in [6, 6.07) is 7.12. The molecule has 202 valence electrons. The molecule has 1 aromatic carbocycles. The highest BCUT2D eigenvalue weighted by Crippen LogP contribution is 2.23. The van der Waals surface area contributed by atoms with Gasteiger partial charge in [0.25, 0.3) is 0 Å². The normalized spacial score (nSPS) is 20.2. The number of nitrogens with one attached hydrogen (secondary N) is 1. The number of benzene rings is 1. The molecule has 0 saturated carbocycles. The van der Waals surface area contributed by atoms with Crippen molar-refractivity contribution in [3.05, 3.63) is 29.8 Å². The first-order valence-corrected chi connectivity index (χ1v) is 14.4. The fourth-order valence-electron chi connectivity index (χ4n) is 4.74. The van der Waals surface area contributed by atoms with E-state index in [1.807, 2.05) is 24.0 Å². The van der Waals surface area contributed by atoms with Crippen LogP contribution in [0.3, 0.4) is 0 Å². The van der Waals surface area contributed by atoms with Gasteiger partial charge in [-0.25, -0.2) is 8.42 Å². The molecule has 3 aliphatic rings. The molecule has 0 amide bonds. The summed E-state index contributed by atoms with van der Waals surface area (Å²) in [5.74, 6) is 1.73. The predicted octanol–water partition coefficient (Wildman–Crippen LogP) is 0.272. The highest BCUT2D eigenvalue weighted by Gasteiger charge is 2.31. The fourth-order valence-corrected chi connectivity index (χ4v) is 6.39. The smallest absolute Gasteiger partial charge is 0.243 e. The second-order valence-corrected chi connectivity index (χ2v) is 11.3. The van der Waals surface area contributed by atoms with E-state index >= 15 is 0 Å². The third-order valence-electron chi connectivity index (χ3n) is 6.95. The van der Waals surface area contributed by atoms with Crippen LogP contribution in [0.1, 0.15) is 5.56 Å². The first kappa shape index (κ1) is 26.0. The number of hydrogen-bond donors (Lipinski definition) is 1. The van der Waals surface area contributed by atoms with Gasteiger partial charge in [-0.3, -0.25) is 4.90 Å². The van der Waals surface area contributed by atoms with Crippen LogP contribution in [0.25, 0.3) is 0 Å². The lowest BCUT2D eigenvalue weighted by atomic mass is 10.2. The molecule has 1 aromatic heterocycles. The van der Waals surface area contributed by atoms with Crippen LogP contribution in [-0.2, 0) is 19.5 Å². The Labute approximate surface area is 218 Å². The molecule has 0 bridgehead atoms. The predicted molar refractivity (Wildman–Crippen MR) is 141 cm³/mol. The Balaban J connectivity index is 1.28. The molecule has 1 N–H and O–H groups in total. The van der Waals surface area contributed by atoms with E-state index in [1.165, 1.54) is 0 Å². The Morgan fingerprint density at radius 1 is 0.811 bits per heavy atom. The number of sulfonamides is 1. The van der Waals surface area contributed by atoms with Crippen LogP contribution in [0.2, 0.25) is 0 Å².